The predicted molar refractivity (Wildman–Crippen MR) is 112 cm³/mol. The van der Waals surface area contributed by atoms with Crippen molar-refractivity contribution in [2.24, 2.45) is 4.99 Å². The summed E-state index contributed by atoms with van der Waals surface area (Å²) in [7, 11) is 1.85. The van der Waals surface area contributed by atoms with Crippen LogP contribution in [0.15, 0.2) is 23.5 Å². The second-order valence-corrected chi connectivity index (χ2v) is 6.31. The Hall–Kier alpha value is -0.890. The summed E-state index contributed by atoms with van der Waals surface area (Å²) >= 11 is 0. The minimum Gasteiger partial charge on any atom is -0.356 e. The average Bonchev–Trinajstić information content (AvgIpc) is 2.57. The van der Waals surface area contributed by atoms with Gasteiger partial charge in [0.05, 0.1) is 0 Å². The van der Waals surface area contributed by atoms with Gasteiger partial charge in [0.2, 0.25) is 0 Å². The predicted octanol–water partition coefficient (Wildman–Crippen LogP) is 2.59. The van der Waals surface area contributed by atoms with Crippen molar-refractivity contribution in [1.29, 1.82) is 0 Å². The van der Waals surface area contributed by atoms with Gasteiger partial charge in [-0.3, -0.25) is 9.98 Å². The number of aryl methyl sites for hydroxylation is 1. The molecule has 1 aromatic heterocycles. The Kier molecular flexibility index (Phi) is 10.2. The fourth-order valence-electron chi connectivity index (χ4n) is 3.10. The topological polar surface area (TPSA) is 52.5 Å². The van der Waals surface area contributed by atoms with Crippen LogP contribution in [0, 0.1) is 6.92 Å². The first kappa shape index (κ1) is 21.2. The lowest BCUT2D eigenvalue weighted by molar-refractivity contribution is 0.206. The van der Waals surface area contributed by atoms with Crippen LogP contribution in [0.4, 0.5) is 0 Å². The van der Waals surface area contributed by atoms with Crippen LogP contribution < -0.4 is 10.6 Å². The van der Waals surface area contributed by atoms with E-state index in [-0.39, 0.29) is 24.0 Å². The van der Waals surface area contributed by atoms with E-state index in [1.165, 1.54) is 50.0 Å². The maximum Gasteiger partial charge on any atom is 0.191 e. The second-order valence-electron chi connectivity index (χ2n) is 6.31. The van der Waals surface area contributed by atoms with Crippen LogP contribution in [0.2, 0.25) is 0 Å². The molecular formula is C18H32IN5. The molecule has 1 aliphatic heterocycles. The van der Waals surface area contributed by atoms with E-state index in [0.717, 1.165) is 18.9 Å². The summed E-state index contributed by atoms with van der Waals surface area (Å²) in [5.74, 6) is 0.922. The molecule has 2 N–H and O–H groups in total. The number of halogens is 1. The van der Waals surface area contributed by atoms with Gasteiger partial charge in [0.15, 0.2) is 5.96 Å². The lowest BCUT2D eigenvalue weighted by Crippen LogP contribution is -2.49. The Balaban J connectivity index is 0.00000288. The van der Waals surface area contributed by atoms with E-state index in [4.69, 9.17) is 0 Å². The number of nitrogens with zero attached hydrogens (tertiary/aromatic N) is 3. The highest BCUT2D eigenvalue weighted by Crippen LogP contribution is 2.10. The molecule has 1 aliphatic rings. The molecule has 5 nitrogen and oxygen atoms in total. The monoisotopic (exact) mass is 445 g/mol. The lowest BCUT2D eigenvalue weighted by Gasteiger charge is -2.32. The molecule has 6 heteroatoms. The van der Waals surface area contributed by atoms with Crippen molar-refractivity contribution in [2.45, 2.75) is 45.6 Å². The minimum absolute atomic E-state index is 0. The normalized spacial score (nSPS) is 16.5. The summed E-state index contributed by atoms with van der Waals surface area (Å²) < 4.78 is 0. The van der Waals surface area contributed by atoms with Crippen LogP contribution in [0.25, 0.3) is 0 Å². The summed E-state index contributed by atoms with van der Waals surface area (Å²) in [6.07, 6.45) is 8.42. The minimum atomic E-state index is 0. The van der Waals surface area contributed by atoms with Gasteiger partial charge in [0, 0.05) is 45.1 Å². The van der Waals surface area contributed by atoms with E-state index in [2.05, 4.69) is 45.4 Å². The van der Waals surface area contributed by atoms with Gasteiger partial charge in [-0.2, -0.15) is 0 Å². The molecule has 0 radical (unpaired) electrons. The van der Waals surface area contributed by atoms with Crippen molar-refractivity contribution in [3.63, 3.8) is 0 Å². The first-order valence-corrected chi connectivity index (χ1v) is 8.82. The molecule has 0 aliphatic carbocycles. The highest BCUT2D eigenvalue weighted by molar-refractivity contribution is 14.0. The Morgan fingerprint density at radius 1 is 1.38 bits per heavy atom. The average molecular weight is 445 g/mol. The molecule has 1 aromatic rings. The highest BCUT2D eigenvalue weighted by atomic mass is 127. The van der Waals surface area contributed by atoms with Gasteiger partial charge in [0.25, 0.3) is 0 Å². The quantitative estimate of drug-likeness (QED) is 0.402. The number of aliphatic imine (C=N–C) groups is 1. The molecule has 0 bridgehead atoms. The van der Waals surface area contributed by atoms with Crippen LogP contribution in [0.5, 0.6) is 0 Å². The zero-order valence-electron chi connectivity index (χ0n) is 15.2. The Morgan fingerprint density at radius 2 is 2.12 bits per heavy atom. The molecule has 0 aromatic carbocycles. The molecule has 24 heavy (non-hydrogen) atoms. The van der Waals surface area contributed by atoms with Gasteiger partial charge in [0.1, 0.15) is 0 Å². The molecule has 0 unspecified atom stereocenters. The first-order valence-electron chi connectivity index (χ1n) is 8.82. The highest BCUT2D eigenvalue weighted by Gasteiger charge is 2.19. The number of pyridine rings is 1. The maximum absolute atomic E-state index is 4.36. The van der Waals surface area contributed by atoms with Crippen molar-refractivity contribution in [2.75, 3.05) is 33.2 Å². The van der Waals surface area contributed by atoms with Crippen molar-refractivity contribution >= 4 is 29.9 Å². The molecule has 0 saturated carbocycles. The van der Waals surface area contributed by atoms with E-state index in [1.807, 2.05) is 19.4 Å². The Morgan fingerprint density at radius 3 is 2.75 bits per heavy atom. The van der Waals surface area contributed by atoms with Crippen LogP contribution in [0.1, 0.15) is 37.3 Å². The molecule has 0 atom stereocenters. The molecule has 0 amide bonds. The van der Waals surface area contributed by atoms with E-state index >= 15 is 0 Å². The smallest absolute Gasteiger partial charge is 0.191 e. The van der Waals surface area contributed by atoms with Crippen LogP contribution in [-0.4, -0.2) is 55.1 Å². The van der Waals surface area contributed by atoms with Crippen molar-refractivity contribution in [3.8, 4) is 0 Å². The number of aromatic nitrogens is 1. The summed E-state index contributed by atoms with van der Waals surface area (Å²) in [5, 5.41) is 7.00. The largest absolute Gasteiger partial charge is 0.356 e. The number of rotatable bonds is 6. The van der Waals surface area contributed by atoms with Crippen molar-refractivity contribution in [3.05, 3.63) is 29.6 Å². The number of likely N-dealkylation sites (tertiary alicyclic amines) is 1. The van der Waals surface area contributed by atoms with Crippen LogP contribution in [0.3, 0.4) is 0 Å². The standard InChI is InChI=1S/C18H31N5.HI/c1-4-11-23-12-7-17(8-13-23)22-18(19-3)21-10-6-16-5-9-20-14-15(16)2;/h5,9,14,17H,4,6-8,10-13H2,1-3H3,(H2,19,21,22);1H. The summed E-state index contributed by atoms with van der Waals surface area (Å²) in [4.78, 5) is 11.1. The molecule has 2 rings (SSSR count). The van der Waals surface area contributed by atoms with Crippen molar-refractivity contribution in [1.82, 2.24) is 20.5 Å². The van der Waals surface area contributed by atoms with Gasteiger partial charge < -0.3 is 15.5 Å². The number of piperidine rings is 1. The molecule has 0 spiro atoms. The van der Waals surface area contributed by atoms with E-state index in [9.17, 15) is 0 Å². The van der Waals surface area contributed by atoms with Crippen molar-refractivity contribution < 1.29 is 0 Å². The third-order valence-electron chi connectivity index (χ3n) is 4.52. The summed E-state index contributed by atoms with van der Waals surface area (Å²) in [6, 6.07) is 2.63. The molecule has 2 heterocycles. The Labute approximate surface area is 163 Å². The van der Waals surface area contributed by atoms with Gasteiger partial charge in [-0.15, -0.1) is 24.0 Å². The van der Waals surface area contributed by atoms with Gasteiger partial charge in [-0.05, 0) is 56.3 Å². The third kappa shape index (κ3) is 6.93. The number of guanidine groups is 1. The third-order valence-corrected chi connectivity index (χ3v) is 4.52. The number of nitrogens with one attached hydrogen (secondary N) is 2. The fraction of sp³-hybridized carbons (Fsp3) is 0.667. The summed E-state index contributed by atoms with van der Waals surface area (Å²) in [6.45, 7) is 8.86. The number of hydrogen-bond donors (Lipinski definition) is 2. The van der Waals surface area contributed by atoms with E-state index in [0.29, 0.717) is 6.04 Å². The van der Waals surface area contributed by atoms with Gasteiger partial charge in [-0.1, -0.05) is 6.92 Å². The SMILES string of the molecule is CCCN1CCC(NC(=NC)NCCc2ccncc2C)CC1.I. The van der Waals surface area contributed by atoms with Crippen LogP contribution >= 0.6 is 24.0 Å². The lowest BCUT2D eigenvalue weighted by atomic mass is 10.1. The zero-order chi connectivity index (χ0) is 16.5. The van der Waals surface area contributed by atoms with Crippen LogP contribution in [-0.2, 0) is 6.42 Å². The zero-order valence-corrected chi connectivity index (χ0v) is 17.5. The molecule has 1 fully saturated rings. The fourth-order valence-corrected chi connectivity index (χ4v) is 3.10. The van der Waals surface area contributed by atoms with E-state index in [1.54, 1.807) is 0 Å². The van der Waals surface area contributed by atoms with Gasteiger partial charge >= 0.3 is 0 Å². The number of hydrogen-bond acceptors (Lipinski definition) is 3. The molecule has 1 saturated heterocycles. The van der Waals surface area contributed by atoms with Gasteiger partial charge in [-0.25, -0.2) is 0 Å². The molecule has 136 valence electrons. The molecular weight excluding hydrogens is 413 g/mol. The van der Waals surface area contributed by atoms with E-state index < -0.39 is 0 Å². The first-order chi connectivity index (χ1) is 11.2. The Bertz CT molecular complexity index is 498. The summed E-state index contributed by atoms with van der Waals surface area (Å²) in [5.41, 5.74) is 2.59. The second kappa shape index (κ2) is 11.6. The maximum atomic E-state index is 4.36.